The largest absolute Gasteiger partial charge is 0.573 e. The quantitative estimate of drug-likeness (QED) is 0.799. The Bertz CT molecular complexity index is 497. The molecule has 2 nitrogen and oxygen atoms in total. The van der Waals surface area contributed by atoms with Gasteiger partial charge in [0.05, 0.1) is 0 Å². The zero-order chi connectivity index (χ0) is 12.3. The van der Waals surface area contributed by atoms with E-state index in [2.05, 4.69) is 15.8 Å². The summed E-state index contributed by atoms with van der Waals surface area (Å²) in [5.41, 5.74) is 0.849. The normalized spacial score (nSPS) is 11.2. The lowest BCUT2D eigenvalue weighted by Crippen LogP contribution is -2.17. The molecular formula is C12H7F3NO. The van der Waals surface area contributed by atoms with Gasteiger partial charge in [0, 0.05) is 23.5 Å². The van der Waals surface area contributed by atoms with Crippen molar-refractivity contribution < 1.29 is 17.9 Å². The highest BCUT2D eigenvalue weighted by molar-refractivity contribution is 5.69. The molecule has 1 aromatic carbocycles. The van der Waals surface area contributed by atoms with Gasteiger partial charge in [0.1, 0.15) is 5.75 Å². The van der Waals surface area contributed by atoms with E-state index in [-0.39, 0.29) is 5.75 Å². The minimum atomic E-state index is -4.71. The Labute approximate surface area is 95.7 Å². The zero-order valence-corrected chi connectivity index (χ0v) is 8.53. The fourth-order valence-corrected chi connectivity index (χ4v) is 1.38. The number of alkyl halides is 3. The highest BCUT2D eigenvalue weighted by atomic mass is 19.4. The number of pyridine rings is 1. The molecule has 0 aliphatic heterocycles. The molecule has 0 N–H and O–H groups in total. The first-order chi connectivity index (χ1) is 8.06. The van der Waals surface area contributed by atoms with Gasteiger partial charge in [0.15, 0.2) is 0 Å². The highest BCUT2D eigenvalue weighted by Gasteiger charge is 2.32. The van der Waals surface area contributed by atoms with Gasteiger partial charge in [-0.3, -0.25) is 4.98 Å². The summed E-state index contributed by atoms with van der Waals surface area (Å²) in [5.74, 6) is -0.260. The van der Waals surface area contributed by atoms with E-state index >= 15 is 0 Å². The second kappa shape index (κ2) is 4.45. The van der Waals surface area contributed by atoms with E-state index in [9.17, 15) is 13.2 Å². The zero-order valence-electron chi connectivity index (χ0n) is 8.53. The molecule has 0 spiro atoms. The number of aromatic nitrogens is 1. The monoisotopic (exact) mass is 238 g/mol. The summed E-state index contributed by atoms with van der Waals surface area (Å²) in [4.78, 5) is 3.85. The van der Waals surface area contributed by atoms with Gasteiger partial charge in [0.25, 0.3) is 0 Å². The number of halogens is 3. The summed E-state index contributed by atoms with van der Waals surface area (Å²) in [6.07, 6.45) is -1.70. The van der Waals surface area contributed by atoms with Crippen molar-refractivity contribution in [3.8, 4) is 16.9 Å². The van der Waals surface area contributed by atoms with Crippen molar-refractivity contribution >= 4 is 0 Å². The third-order valence-corrected chi connectivity index (χ3v) is 2.02. The van der Waals surface area contributed by atoms with E-state index in [0.29, 0.717) is 11.1 Å². The Kier molecular flexibility index (Phi) is 2.99. The van der Waals surface area contributed by atoms with Gasteiger partial charge < -0.3 is 4.74 Å². The number of rotatable bonds is 2. The Hall–Kier alpha value is -2.04. The molecule has 0 bridgehead atoms. The molecule has 1 radical (unpaired) electrons. The van der Waals surface area contributed by atoms with E-state index in [0.717, 1.165) is 0 Å². The maximum atomic E-state index is 12.2. The predicted octanol–water partition coefficient (Wildman–Crippen LogP) is 3.45. The molecular weight excluding hydrogens is 231 g/mol. The van der Waals surface area contributed by atoms with Crippen molar-refractivity contribution in [1.82, 2.24) is 4.98 Å². The first kappa shape index (κ1) is 11.4. The molecule has 1 aromatic heterocycles. The molecule has 1 heterocycles. The third-order valence-electron chi connectivity index (χ3n) is 2.02. The second-order valence-electron chi connectivity index (χ2n) is 3.21. The molecule has 87 valence electrons. The minimum absolute atomic E-state index is 0.260. The lowest BCUT2D eigenvalue weighted by molar-refractivity contribution is -0.274. The summed E-state index contributed by atoms with van der Waals surface area (Å²) in [6.45, 7) is 0. The summed E-state index contributed by atoms with van der Waals surface area (Å²) in [5, 5.41) is 0. The summed E-state index contributed by atoms with van der Waals surface area (Å²) < 4.78 is 40.5. The van der Waals surface area contributed by atoms with Crippen LogP contribution in [0.5, 0.6) is 5.75 Å². The Morgan fingerprint density at radius 2 is 2.06 bits per heavy atom. The van der Waals surface area contributed by atoms with E-state index in [4.69, 9.17) is 0 Å². The number of benzene rings is 1. The molecule has 0 saturated carbocycles. The average Bonchev–Trinajstić information content (AvgIpc) is 2.29. The maximum absolute atomic E-state index is 12.2. The molecule has 0 saturated heterocycles. The molecule has 2 rings (SSSR count). The van der Waals surface area contributed by atoms with Crippen LogP contribution >= 0.6 is 0 Å². The summed E-state index contributed by atoms with van der Waals surface area (Å²) in [7, 11) is 0. The first-order valence-corrected chi connectivity index (χ1v) is 4.72. The molecule has 0 amide bonds. The van der Waals surface area contributed by atoms with Crippen LogP contribution in [0.4, 0.5) is 13.2 Å². The molecule has 0 atom stereocenters. The van der Waals surface area contributed by atoms with Crippen LogP contribution in [0.2, 0.25) is 0 Å². The van der Waals surface area contributed by atoms with Crippen molar-refractivity contribution in [2.45, 2.75) is 6.36 Å². The van der Waals surface area contributed by atoms with E-state index in [1.165, 1.54) is 24.4 Å². The molecule has 0 unspecified atom stereocenters. The topological polar surface area (TPSA) is 22.1 Å². The Morgan fingerprint density at radius 1 is 1.24 bits per heavy atom. The molecule has 0 fully saturated rings. The van der Waals surface area contributed by atoms with Crippen molar-refractivity contribution in [2.75, 3.05) is 0 Å². The van der Waals surface area contributed by atoms with Crippen LogP contribution in [0.15, 0.2) is 42.7 Å². The van der Waals surface area contributed by atoms with Gasteiger partial charge in [-0.2, -0.15) is 0 Å². The van der Waals surface area contributed by atoms with Gasteiger partial charge in [-0.25, -0.2) is 0 Å². The minimum Gasteiger partial charge on any atom is -0.405 e. The van der Waals surface area contributed by atoms with Gasteiger partial charge in [-0.05, 0) is 24.3 Å². The predicted molar refractivity (Wildman–Crippen MR) is 55.2 cm³/mol. The van der Waals surface area contributed by atoms with Crippen LogP contribution in [0, 0.1) is 6.07 Å². The van der Waals surface area contributed by atoms with Crippen LogP contribution in [0.1, 0.15) is 0 Å². The van der Waals surface area contributed by atoms with E-state index in [1.807, 2.05) is 0 Å². The Morgan fingerprint density at radius 3 is 2.71 bits per heavy atom. The number of ether oxygens (including phenoxy) is 1. The van der Waals surface area contributed by atoms with Crippen LogP contribution in [-0.2, 0) is 0 Å². The first-order valence-electron chi connectivity index (χ1n) is 4.72. The van der Waals surface area contributed by atoms with Gasteiger partial charge in [-0.15, -0.1) is 13.2 Å². The second-order valence-corrected chi connectivity index (χ2v) is 3.21. The fraction of sp³-hybridized carbons (Fsp3) is 0.0833. The standard InChI is InChI=1S/C12H7F3NO/c13-12(14,15)17-11-6-2-1-5-10(11)9-4-3-7-16-8-9/h2-8H. The third kappa shape index (κ3) is 2.96. The van der Waals surface area contributed by atoms with E-state index < -0.39 is 6.36 Å². The lowest BCUT2D eigenvalue weighted by atomic mass is 10.1. The fourth-order valence-electron chi connectivity index (χ4n) is 1.38. The number of nitrogens with zero attached hydrogens (tertiary/aromatic N) is 1. The van der Waals surface area contributed by atoms with Crippen molar-refractivity contribution in [3.63, 3.8) is 0 Å². The van der Waals surface area contributed by atoms with E-state index in [1.54, 1.807) is 18.3 Å². The van der Waals surface area contributed by atoms with Crippen LogP contribution in [0.3, 0.4) is 0 Å². The van der Waals surface area contributed by atoms with Crippen LogP contribution in [0.25, 0.3) is 11.1 Å². The molecule has 17 heavy (non-hydrogen) atoms. The molecule has 5 heteroatoms. The summed E-state index contributed by atoms with van der Waals surface area (Å²) >= 11 is 0. The van der Waals surface area contributed by atoms with Crippen molar-refractivity contribution in [3.05, 3.63) is 48.8 Å². The van der Waals surface area contributed by atoms with Gasteiger partial charge in [-0.1, -0.05) is 12.1 Å². The maximum Gasteiger partial charge on any atom is 0.573 e. The van der Waals surface area contributed by atoms with Crippen LogP contribution in [-0.4, -0.2) is 11.3 Å². The average molecular weight is 238 g/mol. The van der Waals surface area contributed by atoms with Crippen molar-refractivity contribution in [2.24, 2.45) is 0 Å². The Balaban J connectivity index is 2.41. The number of hydrogen-bond acceptors (Lipinski definition) is 2. The number of hydrogen-bond donors (Lipinski definition) is 0. The molecule has 0 aliphatic rings. The van der Waals surface area contributed by atoms with Crippen LogP contribution < -0.4 is 4.74 Å². The lowest BCUT2D eigenvalue weighted by Gasteiger charge is -2.12. The summed E-state index contributed by atoms with van der Waals surface area (Å²) in [6, 6.07) is 10.0. The van der Waals surface area contributed by atoms with Gasteiger partial charge >= 0.3 is 6.36 Å². The SMILES string of the molecule is FC(F)(F)Oc1cc[c]cc1-c1cccnc1. The molecule has 2 aromatic rings. The smallest absolute Gasteiger partial charge is 0.405 e. The highest BCUT2D eigenvalue weighted by Crippen LogP contribution is 2.32. The van der Waals surface area contributed by atoms with Crippen molar-refractivity contribution in [1.29, 1.82) is 0 Å². The van der Waals surface area contributed by atoms with Gasteiger partial charge in [0.2, 0.25) is 0 Å². The molecule has 0 aliphatic carbocycles.